The summed E-state index contributed by atoms with van der Waals surface area (Å²) in [5.74, 6) is 2.99. The second-order valence-corrected chi connectivity index (χ2v) is 13.8. The molecule has 0 amide bonds. The second-order valence-electron chi connectivity index (χ2n) is 13.0. The molecule has 0 radical (unpaired) electrons. The number of aliphatic carboxylic acids is 1. The molecule has 15 heteroatoms. The van der Waals surface area contributed by atoms with Gasteiger partial charge < -0.3 is 37.6 Å². The molecule has 2 heterocycles. The average molecular weight is 893 g/mol. The van der Waals surface area contributed by atoms with Crippen LogP contribution in [0.4, 0.5) is 13.2 Å². The molecule has 1 N–H and O–H groups in total. The summed E-state index contributed by atoms with van der Waals surface area (Å²) in [6, 6.07) is 19.6. The van der Waals surface area contributed by atoms with Gasteiger partial charge in [0.1, 0.15) is 28.7 Å². The lowest BCUT2D eigenvalue weighted by atomic mass is 9.95. The van der Waals surface area contributed by atoms with Crippen LogP contribution in [0, 0.1) is 13.8 Å². The molecule has 5 aromatic rings. The highest BCUT2D eigenvalue weighted by Gasteiger charge is 2.30. The van der Waals surface area contributed by atoms with Gasteiger partial charge in [-0.2, -0.15) is 13.2 Å². The molecular formula is C41H44F3IN2O9. The molecule has 0 spiro atoms. The molecule has 0 aliphatic heterocycles. The Bertz CT molecular complexity index is 2020. The van der Waals surface area contributed by atoms with Crippen LogP contribution >= 0.6 is 22.6 Å². The zero-order chi connectivity index (χ0) is 40.2. The molecule has 2 aromatic heterocycles. The van der Waals surface area contributed by atoms with Crippen LogP contribution in [0.3, 0.4) is 0 Å². The van der Waals surface area contributed by atoms with Crippen LogP contribution < -0.4 is 9.47 Å². The Morgan fingerprint density at radius 2 is 1.39 bits per heavy atom. The predicted molar refractivity (Wildman–Crippen MR) is 209 cm³/mol. The number of benzene rings is 3. The number of halogens is 4. The maximum absolute atomic E-state index is 12.7. The van der Waals surface area contributed by atoms with Crippen molar-refractivity contribution in [3.8, 4) is 34.4 Å². The quantitative estimate of drug-likeness (QED) is 0.0795. The number of hydrogen-bond donors (Lipinski definition) is 1. The molecule has 0 bridgehead atoms. The SMILES string of the molecule is COc1cccc(-c2nc(CI)c(C)o2)c1.COc1cccc(-c2nc(CO[C@H]3CCC[C@@H](OC[C@@H](OCc4ccc(C(F)(F)F)cc4)C(=O)O)C3)c(C)o2)c1. The van der Waals surface area contributed by atoms with Crippen molar-refractivity contribution in [1.82, 2.24) is 9.97 Å². The number of carboxylic acids is 1. The third kappa shape index (κ3) is 12.0. The molecule has 1 aliphatic carbocycles. The average Bonchev–Trinajstić information content (AvgIpc) is 3.78. The molecule has 1 aliphatic rings. The first-order chi connectivity index (χ1) is 26.9. The van der Waals surface area contributed by atoms with Crippen molar-refractivity contribution in [2.45, 2.75) is 81.7 Å². The molecule has 0 saturated heterocycles. The Labute approximate surface area is 336 Å². The van der Waals surface area contributed by atoms with Crippen molar-refractivity contribution in [1.29, 1.82) is 0 Å². The summed E-state index contributed by atoms with van der Waals surface area (Å²) in [5.41, 5.74) is 3.09. The van der Waals surface area contributed by atoms with Crippen LogP contribution in [0.15, 0.2) is 81.6 Å². The van der Waals surface area contributed by atoms with Crippen LogP contribution in [0.5, 0.6) is 11.5 Å². The molecule has 3 aromatic carbocycles. The van der Waals surface area contributed by atoms with E-state index in [0.29, 0.717) is 41.0 Å². The lowest BCUT2D eigenvalue weighted by molar-refractivity contribution is -0.159. The number of methoxy groups -OCH3 is 2. The molecule has 56 heavy (non-hydrogen) atoms. The van der Waals surface area contributed by atoms with Crippen LogP contribution in [0.1, 0.15) is 59.7 Å². The van der Waals surface area contributed by atoms with Crippen LogP contribution in [0.2, 0.25) is 0 Å². The van der Waals surface area contributed by atoms with E-state index in [1.54, 1.807) is 14.2 Å². The number of hydrogen-bond acceptors (Lipinski definition) is 10. The fourth-order valence-electron chi connectivity index (χ4n) is 5.88. The van der Waals surface area contributed by atoms with Gasteiger partial charge in [0.05, 0.1) is 57.5 Å². The van der Waals surface area contributed by atoms with Gasteiger partial charge in [0.15, 0.2) is 6.10 Å². The van der Waals surface area contributed by atoms with Gasteiger partial charge in [-0.25, -0.2) is 14.8 Å². The molecular weight excluding hydrogens is 848 g/mol. The second kappa shape index (κ2) is 20.1. The van der Waals surface area contributed by atoms with E-state index in [1.165, 1.54) is 12.1 Å². The number of rotatable bonds is 15. The van der Waals surface area contributed by atoms with Crippen molar-refractivity contribution < 1.29 is 55.6 Å². The van der Waals surface area contributed by atoms with Gasteiger partial charge in [-0.3, -0.25) is 0 Å². The summed E-state index contributed by atoms with van der Waals surface area (Å²) in [5, 5.41) is 9.53. The molecule has 1 fully saturated rings. The largest absolute Gasteiger partial charge is 0.497 e. The number of aromatic nitrogens is 2. The van der Waals surface area contributed by atoms with Crippen molar-refractivity contribution in [2.75, 3.05) is 20.8 Å². The highest BCUT2D eigenvalue weighted by molar-refractivity contribution is 14.1. The molecule has 0 unspecified atom stereocenters. The number of carboxylic acid groups (broad SMARTS) is 1. The van der Waals surface area contributed by atoms with Gasteiger partial charge >= 0.3 is 12.1 Å². The number of carbonyl (C=O) groups is 1. The minimum absolute atomic E-state index is 0.0912. The van der Waals surface area contributed by atoms with E-state index in [1.807, 2.05) is 62.4 Å². The third-order valence-corrected chi connectivity index (χ3v) is 9.79. The van der Waals surface area contributed by atoms with Crippen LogP contribution in [-0.4, -0.2) is 60.2 Å². The first kappa shape index (κ1) is 42.7. The molecule has 300 valence electrons. The normalized spacial score (nSPS) is 16.1. The summed E-state index contributed by atoms with van der Waals surface area (Å²) >= 11 is 2.28. The van der Waals surface area contributed by atoms with Gasteiger partial charge in [0.2, 0.25) is 11.8 Å². The highest BCUT2D eigenvalue weighted by Crippen LogP contribution is 2.31. The Morgan fingerprint density at radius 1 is 0.839 bits per heavy atom. The van der Waals surface area contributed by atoms with Gasteiger partial charge in [0, 0.05) is 15.6 Å². The lowest BCUT2D eigenvalue weighted by Crippen LogP contribution is -2.34. The molecule has 1 saturated carbocycles. The Hall–Kier alpha value is -4.45. The van der Waals surface area contributed by atoms with Crippen molar-refractivity contribution in [3.63, 3.8) is 0 Å². The summed E-state index contributed by atoms with van der Waals surface area (Å²) < 4.78 is 78.4. The third-order valence-electron chi connectivity index (χ3n) is 9.07. The van der Waals surface area contributed by atoms with Gasteiger partial charge in [0.25, 0.3) is 0 Å². The minimum atomic E-state index is -4.44. The molecule has 11 nitrogen and oxygen atoms in total. The van der Waals surface area contributed by atoms with E-state index in [0.717, 1.165) is 64.2 Å². The number of alkyl halides is 4. The Balaban J connectivity index is 0.000000311. The summed E-state index contributed by atoms with van der Waals surface area (Å²) in [7, 11) is 3.24. The standard InChI is InChI=1S/C29H32F3NO7.C12H12INO2/c1-18-25(33-27(40-18)20-5-3-6-22(13-20)36-2)16-37-23-7-4-8-24(14-23)38-17-26(28(34)35)39-15-19-9-11-21(12-10-19)29(30,31)32;1-8-11(7-13)14-12(16-8)9-4-3-5-10(6-9)15-2/h3,5-6,9-13,23-24,26H,4,7-8,14-17H2,1-2H3,(H,34,35);3-6H,7H2,1-2H3/t23-,24+,26+;/m0./s1. The van der Waals surface area contributed by atoms with Gasteiger partial charge in [-0.1, -0.05) is 46.9 Å². The highest BCUT2D eigenvalue weighted by atomic mass is 127. The zero-order valence-electron chi connectivity index (χ0n) is 31.4. The summed E-state index contributed by atoms with van der Waals surface area (Å²) in [6.07, 6.45) is -2.95. The van der Waals surface area contributed by atoms with Crippen LogP contribution in [0.25, 0.3) is 22.9 Å². The molecule has 3 atom stereocenters. The topological polar surface area (TPSA) is 136 Å². The minimum Gasteiger partial charge on any atom is -0.497 e. The van der Waals surface area contributed by atoms with Crippen molar-refractivity contribution >= 4 is 28.6 Å². The summed E-state index contributed by atoms with van der Waals surface area (Å²) in [4.78, 5) is 20.7. The van der Waals surface area contributed by atoms with Crippen LogP contribution in [-0.2, 0) is 42.8 Å². The molecule has 6 rings (SSSR count). The fourth-order valence-corrected chi connectivity index (χ4v) is 6.58. The first-order valence-corrected chi connectivity index (χ1v) is 19.4. The monoisotopic (exact) mass is 892 g/mol. The van der Waals surface area contributed by atoms with E-state index in [4.69, 9.17) is 32.5 Å². The predicted octanol–water partition coefficient (Wildman–Crippen LogP) is 9.79. The van der Waals surface area contributed by atoms with E-state index < -0.39 is 23.8 Å². The first-order valence-electron chi connectivity index (χ1n) is 17.9. The number of ether oxygens (including phenoxy) is 5. The van der Waals surface area contributed by atoms with Gasteiger partial charge in [-0.15, -0.1) is 0 Å². The number of nitrogens with zero attached hydrogens (tertiary/aromatic N) is 2. The van der Waals surface area contributed by atoms with E-state index >= 15 is 0 Å². The maximum atomic E-state index is 12.7. The number of aryl methyl sites for hydroxylation is 2. The number of oxazole rings is 2. The van der Waals surface area contributed by atoms with E-state index in [2.05, 4.69) is 32.6 Å². The van der Waals surface area contributed by atoms with E-state index in [-0.39, 0.29) is 32.0 Å². The maximum Gasteiger partial charge on any atom is 0.416 e. The van der Waals surface area contributed by atoms with Crippen molar-refractivity contribution in [3.05, 3.63) is 107 Å². The fraction of sp³-hybridized carbons (Fsp3) is 0.390. The Morgan fingerprint density at radius 3 is 1.91 bits per heavy atom. The van der Waals surface area contributed by atoms with Gasteiger partial charge in [-0.05, 0) is 93.6 Å². The van der Waals surface area contributed by atoms with E-state index in [9.17, 15) is 23.1 Å². The smallest absolute Gasteiger partial charge is 0.416 e. The van der Waals surface area contributed by atoms with Crippen molar-refractivity contribution in [2.24, 2.45) is 0 Å². The Kier molecular flexibility index (Phi) is 15.3. The lowest BCUT2D eigenvalue weighted by Gasteiger charge is -2.29. The summed E-state index contributed by atoms with van der Waals surface area (Å²) in [6.45, 7) is 3.71. The zero-order valence-corrected chi connectivity index (χ0v) is 33.6.